The molecule has 0 radical (unpaired) electrons. The molecule has 3 N–H and O–H groups in total. The Morgan fingerprint density at radius 2 is 2.17 bits per heavy atom. The average Bonchev–Trinajstić information content (AvgIpc) is 2.31. The maximum atomic E-state index is 11.5. The number of terminal acetylenes is 1. The largest absolute Gasteiger partial charge is 0.478 e. The van der Waals surface area contributed by atoms with Crippen LogP contribution in [0.4, 0.5) is 10.5 Å². The number of carbonyl (C=O) groups excluding carboxylic acids is 1. The van der Waals surface area contributed by atoms with E-state index < -0.39 is 12.0 Å². The number of hydrogen-bond acceptors (Lipinski definition) is 2. The molecule has 0 aliphatic carbocycles. The van der Waals surface area contributed by atoms with Crippen LogP contribution in [0.25, 0.3) is 0 Å². The normalized spacial score (nSPS) is 9.33. The highest BCUT2D eigenvalue weighted by Crippen LogP contribution is 2.17. The standard InChI is InChI=1S/C13H14N2O3/c1-3-4-7-14-13(18)15-11-6-5-9(2)8-10(11)12(16)17/h1,5-6,8H,4,7H2,2H3,(H,16,17)(H2,14,15,18). The number of carboxylic acids is 1. The Hall–Kier alpha value is -2.48. The fourth-order valence-corrected chi connectivity index (χ4v) is 1.36. The topological polar surface area (TPSA) is 78.4 Å². The van der Waals surface area contributed by atoms with Crippen LogP contribution in [0.15, 0.2) is 18.2 Å². The molecule has 0 bridgehead atoms. The Morgan fingerprint density at radius 3 is 2.78 bits per heavy atom. The van der Waals surface area contributed by atoms with Gasteiger partial charge >= 0.3 is 12.0 Å². The maximum Gasteiger partial charge on any atom is 0.337 e. The Kier molecular flexibility index (Phi) is 4.76. The summed E-state index contributed by atoms with van der Waals surface area (Å²) in [6, 6.07) is 4.30. The molecule has 2 amide bonds. The molecule has 94 valence electrons. The first-order chi connectivity index (χ1) is 8.54. The number of urea groups is 1. The first-order valence-electron chi connectivity index (χ1n) is 5.37. The van der Waals surface area contributed by atoms with Gasteiger partial charge < -0.3 is 15.7 Å². The molecule has 1 rings (SSSR count). The number of nitrogens with one attached hydrogen (secondary N) is 2. The van der Waals surface area contributed by atoms with Crippen molar-refractivity contribution in [2.45, 2.75) is 13.3 Å². The predicted molar refractivity (Wildman–Crippen MR) is 68.6 cm³/mol. The molecular formula is C13H14N2O3. The molecule has 0 saturated heterocycles. The quantitative estimate of drug-likeness (QED) is 0.560. The fraction of sp³-hybridized carbons (Fsp3) is 0.231. The SMILES string of the molecule is C#CCCNC(=O)Nc1ccc(C)cc1C(=O)O. The maximum absolute atomic E-state index is 11.5. The molecule has 18 heavy (non-hydrogen) atoms. The van der Waals surface area contributed by atoms with E-state index in [1.54, 1.807) is 19.1 Å². The van der Waals surface area contributed by atoms with E-state index in [9.17, 15) is 9.59 Å². The van der Waals surface area contributed by atoms with Gasteiger partial charge in [-0.25, -0.2) is 9.59 Å². The second-order valence-electron chi connectivity index (χ2n) is 3.69. The Bertz CT molecular complexity index is 503. The molecule has 1 aromatic carbocycles. The number of rotatable bonds is 4. The van der Waals surface area contributed by atoms with Gasteiger partial charge in [-0.05, 0) is 19.1 Å². The molecule has 0 saturated carbocycles. The molecular weight excluding hydrogens is 232 g/mol. The molecule has 0 aromatic heterocycles. The van der Waals surface area contributed by atoms with Crippen molar-refractivity contribution >= 4 is 17.7 Å². The summed E-state index contributed by atoms with van der Waals surface area (Å²) in [6.07, 6.45) is 5.47. The average molecular weight is 246 g/mol. The number of anilines is 1. The summed E-state index contributed by atoms with van der Waals surface area (Å²) >= 11 is 0. The molecule has 0 aliphatic rings. The van der Waals surface area contributed by atoms with Crippen LogP contribution in [-0.4, -0.2) is 23.7 Å². The van der Waals surface area contributed by atoms with E-state index >= 15 is 0 Å². The number of carbonyl (C=O) groups is 2. The molecule has 0 fully saturated rings. The van der Waals surface area contributed by atoms with Gasteiger partial charge in [0.2, 0.25) is 0 Å². The lowest BCUT2D eigenvalue weighted by molar-refractivity contribution is 0.0698. The Balaban J connectivity index is 2.75. The van der Waals surface area contributed by atoms with Gasteiger partial charge in [0, 0.05) is 13.0 Å². The van der Waals surface area contributed by atoms with Crippen molar-refractivity contribution in [3.05, 3.63) is 29.3 Å². The molecule has 5 heteroatoms. The summed E-state index contributed by atoms with van der Waals surface area (Å²) < 4.78 is 0. The second kappa shape index (κ2) is 6.30. The molecule has 0 heterocycles. The fourth-order valence-electron chi connectivity index (χ4n) is 1.36. The van der Waals surface area contributed by atoms with Gasteiger partial charge in [0.25, 0.3) is 0 Å². The van der Waals surface area contributed by atoms with Crippen molar-refractivity contribution in [1.29, 1.82) is 0 Å². The van der Waals surface area contributed by atoms with Crippen molar-refractivity contribution in [2.24, 2.45) is 0 Å². The summed E-state index contributed by atoms with van der Waals surface area (Å²) in [5.74, 6) is 1.30. The van der Waals surface area contributed by atoms with E-state index in [4.69, 9.17) is 11.5 Å². The monoisotopic (exact) mass is 246 g/mol. The lowest BCUT2D eigenvalue weighted by Gasteiger charge is -2.09. The number of aryl methyl sites for hydroxylation is 1. The van der Waals surface area contributed by atoms with Gasteiger partial charge in [0.1, 0.15) is 0 Å². The summed E-state index contributed by atoms with van der Waals surface area (Å²) in [6.45, 7) is 2.12. The molecule has 0 spiro atoms. The predicted octanol–water partition coefficient (Wildman–Crippen LogP) is 1.84. The van der Waals surface area contributed by atoms with Crippen molar-refractivity contribution < 1.29 is 14.7 Å². The first-order valence-corrected chi connectivity index (χ1v) is 5.37. The van der Waals surface area contributed by atoms with Gasteiger partial charge in [0.15, 0.2) is 0 Å². The van der Waals surface area contributed by atoms with E-state index in [-0.39, 0.29) is 11.3 Å². The van der Waals surface area contributed by atoms with Crippen LogP contribution in [0.3, 0.4) is 0 Å². The number of aromatic carboxylic acids is 1. The minimum absolute atomic E-state index is 0.0575. The van der Waals surface area contributed by atoms with Crippen LogP contribution in [0.2, 0.25) is 0 Å². The van der Waals surface area contributed by atoms with Gasteiger partial charge in [-0.2, -0.15) is 0 Å². The number of benzene rings is 1. The third kappa shape index (κ3) is 3.83. The van der Waals surface area contributed by atoms with Crippen molar-refractivity contribution in [3.8, 4) is 12.3 Å². The smallest absolute Gasteiger partial charge is 0.337 e. The van der Waals surface area contributed by atoms with Crippen LogP contribution >= 0.6 is 0 Å². The van der Waals surface area contributed by atoms with E-state index in [2.05, 4.69) is 16.6 Å². The van der Waals surface area contributed by atoms with Crippen LogP contribution in [0.1, 0.15) is 22.3 Å². The van der Waals surface area contributed by atoms with Crippen LogP contribution in [0.5, 0.6) is 0 Å². The summed E-state index contributed by atoms with van der Waals surface area (Å²) in [5, 5.41) is 14.0. The molecule has 5 nitrogen and oxygen atoms in total. The first kappa shape index (κ1) is 13.6. The van der Waals surface area contributed by atoms with Crippen molar-refractivity contribution in [2.75, 3.05) is 11.9 Å². The summed E-state index contributed by atoms with van der Waals surface area (Å²) in [5.41, 5.74) is 1.12. The highest BCUT2D eigenvalue weighted by Gasteiger charge is 2.12. The van der Waals surface area contributed by atoms with Crippen molar-refractivity contribution in [3.63, 3.8) is 0 Å². The number of carboxylic acid groups (broad SMARTS) is 1. The Labute approximate surface area is 105 Å². The van der Waals surface area contributed by atoms with Crippen LogP contribution in [0, 0.1) is 19.3 Å². The zero-order chi connectivity index (χ0) is 13.5. The van der Waals surface area contributed by atoms with E-state index in [1.807, 2.05) is 0 Å². The van der Waals surface area contributed by atoms with Crippen LogP contribution in [-0.2, 0) is 0 Å². The second-order valence-corrected chi connectivity index (χ2v) is 3.69. The lowest BCUT2D eigenvalue weighted by Crippen LogP contribution is -2.30. The van der Waals surface area contributed by atoms with Crippen molar-refractivity contribution in [1.82, 2.24) is 5.32 Å². The van der Waals surface area contributed by atoms with Gasteiger partial charge in [-0.15, -0.1) is 12.3 Å². The van der Waals surface area contributed by atoms with E-state index in [1.165, 1.54) is 6.07 Å². The van der Waals surface area contributed by atoms with Crippen LogP contribution < -0.4 is 10.6 Å². The number of hydrogen-bond donors (Lipinski definition) is 3. The minimum Gasteiger partial charge on any atom is -0.478 e. The minimum atomic E-state index is -1.09. The highest BCUT2D eigenvalue weighted by molar-refractivity contribution is 6.00. The van der Waals surface area contributed by atoms with Gasteiger partial charge in [0.05, 0.1) is 11.3 Å². The highest BCUT2D eigenvalue weighted by atomic mass is 16.4. The van der Waals surface area contributed by atoms with Gasteiger partial charge in [-0.3, -0.25) is 0 Å². The molecule has 1 aromatic rings. The third-order valence-corrected chi connectivity index (χ3v) is 2.21. The van der Waals surface area contributed by atoms with E-state index in [0.29, 0.717) is 13.0 Å². The lowest BCUT2D eigenvalue weighted by atomic mass is 10.1. The zero-order valence-corrected chi connectivity index (χ0v) is 9.99. The van der Waals surface area contributed by atoms with E-state index in [0.717, 1.165) is 5.56 Å². The third-order valence-electron chi connectivity index (χ3n) is 2.21. The summed E-state index contributed by atoms with van der Waals surface area (Å²) in [4.78, 5) is 22.5. The zero-order valence-electron chi connectivity index (χ0n) is 9.99. The molecule has 0 atom stereocenters. The summed E-state index contributed by atoms with van der Waals surface area (Å²) in [7, 11) is 0. The molecule has 0 aliphatic heterocycles. The van der Waals surface area contributed by atoms with Gasteiger partial charge in [-0.1, -0.05) is 11.6 Å². The number of amides is 2. The Morgan fingerprint density at radius 1 is 1.44 bits per heavy atom. The molecule has 0 unspecified atom stereocenters.